The lowest BCUT2D eigenvalue weighted by Crippen LogP contribution is -2.39. The van der Waals surface area contributed by atoms with Crippen LogP contribution >= 0.6 is 0 Å². The highest BCUT2D eigenvalue weighted by Crippen LogP contribution is 2.22. The molecule has 3 aromatic rings. The summed E-state index contributed by atoms with van der Waals surface area (Å²) in [6.45, 7) is 1.64. The fraction of sp³-hybridized carbons (Fsp3) is 0.238. The van der Waals surface area contributed by atoms with Gasteiger partial charge in [0.1, 0.15) is 0 Å². The van der Waals surface area contributed by atoms with Crippen molar-refractivity contribution >= 4 is 43.0 Å². The molecule has 1 aromatic heterocycles. The predicted octanol–water partition coefficient (Wildman–Crippen LogP) is 1.98. The Morgan fingerprint density at radius 3 is 2.41 bits per heavy atom. The molecule has 0 radical (unpaired) electrons. The number of nitrogens with two attached hydrogens (primary N) is 1. The van der Waals surface area contributed by atoms with Gasteiger partial charge in [-0.1, -0.05) is 18.2 Å². The zero-order valence-electron chi connectivity index (χ0n) is 18.0. The van der Waals surface area contributed by atoms with E-state index in [-0.39, 0.29) is 28.2 Å². The largest absolute Gasteiger partial charge is 0.338 e. The molecule has 4 rings (SSSR count). The second-order valence-corrected chi connectivity index (χ2v) is 11.7. The third kappa shape index (κ3) is 6.26. The number of nitrogens with one attached hydrogen (secondary N) is 2. The highest BCUT2D eigenvalue weighted by molar-refractivity contribution is 7.91. The maximum Gasteiger partial charge on any atom is 0.238 e. The summed E-state index contributed by atoms with van der Waals surface area (Å²) >= 11 is 0. The summed E-state index contributed by atoms with van der Waals surface area (Å²) in [6.07, 6.45) is 1.000. The fourth-order valence-electron chi connectivity index (χ4n) is 3.39. The smallest absolute Gasteiger partial charge is 0.238 e. The predicted molar refractivity (Wildman–Crippen MR) is 127 cm³/mol. The van der Waals surface area contributed by atoms with Crippen LogP contribution in [-0.4, -0.2) is 56.3 Å². The first-order chi connectivity index (χ1) is 16.1. The topological polar surface area (TPSA) is 147 Å². The summed E-state index contributed by atoms with van der Waals surface area (Å²) < 4.78 is 60.5. The van der Waals surface area contributed by atoms with Crippen molar-refractivity contribution in [2.24, 2.45) is 5.14 Å². The average Bonchev–Trinajstić information content (AvgIpc) is 2.78. The van der Waals surface area contributed by atoms with Crippen molar-refractivity contribution in [3.05, 3.63) is 66.1 Å². The van der Waals surface area contributed by atoms with Gasteiger partial charge in [0.05, 0.1) is 22.6 Å². The molecule has 1 fully saturated rings. The van der Waals surface area contributed by atoms with Gasteiger partial charge in [-0.25, -0.2) is 31.3 Å². The van der Waals surface area contributed by atoms with Crippen molar-refractivity contribution in [1.29, 1.82) is 0 Å². The van der Waals surface area contributed by atoms with Crippen LogP contribution in [0.25, 0.3) is 0 Å². The van der Waals surface area contributed by atoms with E-state index < -0.39 is 25.7 Å². The van der Waals surface area contributed by atoms with E-state index in [9.17, 15) is 21.2 Å². The van der Waals surface area contributed by atoms with E-state index in [1.807, 2.05) is 12.1 Å². The summed E-state index contributed by atoms with van der Waals surface area (Å²) in [6, 6.07) is 13.1. The lowest BCUT2D eigenvalue weighted by molar-refractivity contribution is 0.287. The van der Waals surface area contributed by atoms with Gasteiger partial charge in [-0.05, 0) is 35.9 Å². The Labute approximate surface area is 197 Å². The molecular formula is C21H23FN6O4S2. The summed E-state index contributed by atoms with van der Waals surface area (Å²) in [5.41, 5.74) is 1.98. The SMILES string of the molecule is NS(=O)(=O)c1cccc(Nc2ncc(F)c(Nc3ccc(CN4CCS(=O)(=O)CC4)cc3)n2)c1. The first kappa shape index (κ1) is 24.0. The van der Waals surface area contributed by atoms with E-state index >= 15 is 0 Å². The highest BCUT2D eigenvalue weighted by Gasteiger charge is 2.21. The van der Waals surface area contributed by atoms with Crippen molar-refractivity contribution in [1.82, 2.24) is 14.9 Å². The molecule has 0 saturated carbocycles. The van der Waals surface area contributed by atoms with Crippen molar-refractivity contribution < 1.29 is 21.2 Å². The van der Waals surface area contributed by atoms with Crippen LogP contribution in [0.15, 0.2) is 59.6 Å². The van der Waals surface area contributed by atoms with Crippen LogP contribution in [0, 0.1) is 5.82 Å². The number of rotatable bonds is 7. The van der Waals surface area contributed by atoms with Gasteiger partial charge < -0.3 is 10.6 Å². The first-order valence-electron chi connectivity index (χ1n) is 10.3. The minimum Gasteiger partial charge on any atom is -0.338 e. The van der Waals surface area contributed by atoms with Gasteiger partial charge in [-0.3, -0.25) is 4.90 Å². The number of sulfone groups is 1. The summed E-state index contributed by atoms with van der Waals surface area (Å²) in [5.74, 6) is -0.325. The number of sulfonamides is 1. The Kier molecular flexibility index (Phi) is 6.79. The second kappa shape index (κ2) is 9.62. The molecule has 1 saturated heterocycles. The van der Waals surface area contributed by atoms with Crippen LogP contribution in [0.4, 0.5) is 27.5 Å². The van der Waals surface area contributed by atoms with E-state index in [0.29, 0.717) is 31.0 Å². The van der Waals surface area contributed by atoms with Crippen LogP contribution in [0.2, 0.25) is 0 Å². The molecule has 0 atom stereocenters. The molecule has 4 N–H and O–H groups in total. The standard InChI is InChI=1S/C21H23FN6O4S2/c22-19-13-24-21(26-17-2-1-3-18(12-17)34(23,31)32)27-20(19)25-16-6-4-15(5-7-16)14-28-8-10-33(29,30)11-9-28/h1-7,12-13H,8-11,14H2,(H2,23,31,32)(H2,24,25,26,27). The molecule has 180 valence electrons. The van der Waals surface area contributed by atoms with Gasteiger partial charge in [-0.2, -0.15) is 4.98 Å². The van der Waals surface area contributed by atoms with E-state index in [0.717, 1.165) is 11.8 Å². The van der Waals surface area contributed by atoms with Crippen LogP contribution in [0.1, 0.15) is 5.56 Å². The van der Waals surface area contributed by atoms with Gasteiger partial charge in [0.25, 0.3) is 0 Å². The van der Waals surface area contributed by atoms with E-state index in [1.54, 1.807) is 18.2 Å². The quantitative estimate of drug-likeness (QED) is 0.437. The molecule has 0 spiro atoms. The Balaban J connectivity index is 1.43. The van der Waals surface area contributed by atoms with Crippen LogP contribution < -0.4 is 15.8 Å². The van der Waals surface area contributed by atoms with Gasteiger partial charge in [0, 0.05) is 31.0 Å². The number of primary sulfonamides is 1. The lowest BCUT2D eigenvalue weighted by Gasteiger charge is -2.26. The Hall–Kier alpha value is -3.13. The number of hydrogen-bond donors (Lipinski definition) is 3. The molecule has 0 amide bonds. The van der Waals surface area contributed by atoms with Gasteiger partial charge >= 0.3 is 0 Å². The minimum absolute atomic E-state index is 0.0610. The molecule has 13 heteroatoms. The zero-order chi connectivity index (χ0) is 24.3. The maximum atomic E-state index is 14.3. The Morgan fingerprint density at radius 2 is 1.74 bits per heavy atom. The highest BCUT2D eigenvalue weighted by atomic mass is 32.2. The number of hydrogen-bond acceptors (Lipinski definition) is 9. The normalized spacial score (nSPS) is 16.2. The molecule has 2 aromatic carbocycles. The molecule has 2 heterocycles. The van der Waals surface area contributed by atoms with Gasteiger partial charge in [0.2, 0.25) is 16.0 Å². The Bertz CT molecular complexity index is 1390. The number of benzene rings is 2. The summed E-state index contributed by atoms with van der Waals surface area (Å²) in [7, 11) is -6.80. The van der Waals surface area contributed by atoms with Crippen LogP contribution in [0.3, 0.4) is 0 Å². The monoisotopic (exact) mass is 506 g/mol. The molecule has 0 unspecified atom stereocenters. The molecule has 1 aliphatic heterocycles. The average molecular weight is 507 g/mol. The third-order valence-electron chi connectivity index (χ3n) is 5.22. The van der Waals surface area contributed by atoms with Crippen LogP contribution in [0.5, 0.6) is 0 Å². The molecular weight excluding hydrogens is 483 g/mol. The number of halogens is 1. The van der Waals surface area contributed by atoms with Gasteiger partial charge in [0.15, 0.2) is 21.5 Å². The van der Waals surface area contributed by atoms with Crippen molar-refractivity contribution in [3.8, 4) is 0 Å². The van der Waals surface area contributed by atoms with E-state index in [4.69, 9.17) is 5.14 Å². The first-order valence-corrected chi connectivity index (χ1v) is 13.7. The number of aromatic nitrogens is 2. The summed E-state index contributed by atoms with van der Waals surface area (Å²) in [4.78, 5) is 10.0. The minimum atomic E-state index is -3.87. The van der Waals surface area contributed by atoms with Crippen LogP contribution in [-0.2, 0) is 26.4 Å². The number of nitrogens with zero attached hydrogens (tertiary/aromatic N) is 3. The second-order valence-electron chi connectivity index (χ2n) is 7.84. The lowest BCUT2D eigenvalue weighted by atomic mass is 10.2. The van der Waals surface area contributed by atoms with Crippen molar-refractivity contribution in [2.75, 3.05) is 35.2 Å². The molecule has 0 bridgehead atoms. The molecule has 34 heavy (non-hydrogen) atoms. The van der Waals surface area contributed by atoms with Gasteiger partial charge in [-0.15, -0.1) is 0 Å². The number of anilines is 4. The fourth-order valence-corrected chi connectivity index (χ4v) is 5.23. The molecule has 0 aliphatic carbocycles. The third-order valence-corrected chi connectivity index (χ3v) is 7.74. The Morgan fingerprint density at radius 1 is 1.03 bits per heavy atom. The van der Waals surface area contributed by atoms with E-state index in [1.165, 1.54) is 18.2 Å². The van der Waals surface area contributed by atoms with Crippen molar-refractivity contribution in [2.45, 2.75) is 11.4 Å². The zero-order valence-corrected chi connectivity index (χ0v) is 19.6. The van der Waals surface area contributed by atoms with Crippen molar-refractivity contribution in [3.63, 3.8) is 0 Å². The maximum absolute atomic E-state index is 14.3. The van der Waals surface area contributed by atoms with E-state index in [2.05, 4.69) is 25.5 Å². The summed E-state index contributed by atoms with van der Waals surface area (Å²) in [5, 5.41) is 10.9. The molecule has 1 aliphatic rings. The molecule has 10 nitrogen and oxygen atoms in total.